The number of primary sulfonamides is 1. The number of nitrogens with zero attached hydrogens (tertiary/aromatic N) is 3. The Morgan fingerprint density at radius 3 is 2.48 bits per heavy atom. The molecule has 33 heavy (non-hydrogen) atoms. The van der Waals surface area contributed by atoms with Crippen LogP contribution in [0.3, 0.4) is 0 Å². The number of hydrogen-bond acceptors (Lipinski definition) is 8. The Labute approximate surface area is 190 Å². The molecule has 0 spiro atoms. The summed E-state index contributed by atoms with van der Waals surface area (Å²) in [6.45, 7) is 0.448. The number of hydrogen-bond donors (Lipinski definition) is 1. The molecule has 0 aliphatic heterocycles. The first-order chi connectivity index (χ1) is 15.7. The van der Waals surface area contributed by atoms with Gasteiger partial charge in [0.15, 0.2) is 0 Å². The summed E-state index contributed by atoms with van der Waals surface area (Å²) in [5, 5.41) is 21.3. The van der Waals surface area contributed by atoms with Crippen molar-refractivity contribution >= 4 is 15.7 Å². The summed E-state index contributed by atoms with van der Waals surface area (Å²) < 4.78 is 42.0. The van der Waals surface area contributed by atoms with Crippen molar-refractivity contribution < 1.29 is 27.6 Å². The van der Waals surface area contributed by atoms with Crippen LogP contribution in [0.25, 0.3) is 5.69 Å². The van der Waals surface area contributed by atoms with E-state index in [4.69, 9.17) is 19.3 Å². The fourth-order valence-corrected chi connectivity index (χ4v) is 4.18. The van der Waals surface area contributed by atoms with Crippen LogP contribution in [0, 0.1) is 10.1 Å². The molecule has 2 aromatic carbocycles. The van der Waals surface area contributed by atoms with Crippen LogP contribution < -0.4 is 14.6 Å². The van der Waals surface area contributed by atoms with Gasteiger partial charge in [0.25, 0.3) is 5.69 Å². The molecule has 0 atom stereocenters. The van der Waals surface area contributed by atoms with Crippen molar-refractivity contribution in [2.24, 2.45) is 5.14 Å². The van der Waals surface area contributed by atoms with Crippen molar-refractivity contribution in [3.8, 4) is 17.2 Å². The third kappa shape index (κ3) is 5.48. The van der Waals surface area contributed by atoms with Crippen LogP contribution in [0.15, 0.2) is 47.6 Å². The number of rotatable bonds is 10. The Morgan fingerprint density at radius 2 is 1.88 bits per heavy atom. The van der Waals surface area contributed by atoms with E-state index >= 15 is 0 Å². The van der Waals surface area contributed by atoms with Gasteiger partial charge in [-0.2, -0.15) is 5.10 Å². The zero-order valence-corrected chi connectivity index (χ0v) is 19.2. The number of ether oxygens (including phenoxy) is 3. The Morgan fingerprint density at radius 1 is 1.12 bits per heavy atom. The summed E-state index contributed by atoms with van der Waals surface area (Å²) in [6, 6.07) is 7.38. The van der Waals surface area contributed by atoms with Crippen LogP contribution in [0.1, 0.15) is 16.7 Å². The quantitative estimate of drug-likeness (QED) is 0.346. The molecule has 1 aromatic heterocycles. The van der Waals surface area contributed by atoms with E-state index in [0.717, 1.165) is 11.6 Å². The summed E-state index contributed by atoms with van der Waals surface area (Å²) >= 11 is 0. The van der Waals surface area contributed by atoms with E-state index in [-0.39, 0.29) is 12.1 Å². The van der Waals surface area contributed by atoms with Crippen molar-refractivity contribution in [3.63, 3.8) is 0 Å². The van der Waals surface area contributed by atoms with Crippen LogP contribution in [-0.2, 0) is 27.6 Å². The number of nitrogens with two attached hydrogens (primary N) is 1. The maximum Gasteiger partial charge on any atom is 0.271 e. The minimum absolute atomic E-state index is 0.111. The minimum atomic E-state index is -4.33. The zero-order valence-electron chi connectivity index (χ0n) is 18.3. The van der Waals surface area contributed by atoms with Crippen molar-refractivity contribution in [3.05, 3.63) is 69.5 Å². The molecule has 3 aromatic rings. The average Bonchev–Trinajstić information content (AvgIpc) is 3.25. The highest BCUT2D eigenvalue weighted by molar-refractivity contribution is 7.89. The van der Waals surface area contributed by atoms with Crippen LogP contribution >= 0.6 is 0 Å². The number of methoxy groups -OCH3 is 3. The highest BCUT2D eigenvalue weighted by Gasteiger charge is 2.26. The van der Waals surface area contributed by atoms with Gasteiger partial charge in [-0.15, -0.1) is 0 Å². The van der Waals surface area contributed by atoms with Gasteiger partial charge in [-0.1, -0.05) is 6.07 Å². The Bertz CT molecular complexity index is 1270. The summed E-state index contributed by atoms with van der Waals surface area (Å²) in [5.41, 5.74) is 1.51. The first-order valence-corrected chi connectivity index (χ1v) is 11.3. The number of non-ortho nitro benzene ring substituents is 1. The summed E-state index contributed by atoms with van der Waals surface area (Å²) in [5.74, 6) is 1.04. The zero-order chi connectivity index (χ0) is 24.2. The number of aromatic nitrogens is 2. The summed E-state index contributed by atoms with van der Waals surface area (Å²) in [4.78, 5) is 10.5. The molecule has 0 amide bonds. The molecule has 11 nitrogen and oxygen atoms in total. The van der Waals surface area contributed by atoms with E-state index in [2.05, 4.69) is 5.10 Å². The number of nitro benzene ring substituents is 1. The highest BCUT2D eigenvalue weighted by Crippen LogP contribution is 2.33. The molecule has 0 radical (unpaired) electrons. The van der Waals surface area contributed by atoms with Gasteiger partial charge in [0, 0.05) is 37.9 Å². The molecule has 1 heterocycles. The van der Waals surface area contributed by atoms with Gasteiger partial charge >= 0.3 is 0 Å². The SMILES string of the molecule is COCCc1cnn(-c2c(Cc3ccc(OC)cc3OC)cc([N+](=O)[O-])cc2S(N)(=O)=O)c1. The minimum Gasteiger partial charge on any atom is -0.497 e. The van der Waals surface area contributed by atoms with Crippen LogP contribution in [0.2, 0.25) is 0 Å². The first-order valence-electron chi connectivity index (χ1n) is 9.75. The monoisotopic (exact) mass is 476 g/mol. The lowest BCUT2D eigenvalue weighted by Gasteiger charge is -2.16. The van der Waals surface area contributed by atoms with Gasteiger partial charge in [-0.3, -0.25) is 10.1 Å². The Balaban J connectivity index is 2.24. The maximum absolute atomic E-state index is 12.4. The second-order valence-electron chi connectivity index (χ2n) is 7.14. The molecule has 0 fully saturated rings. The van der Waals surface area contributed by atoms with E-state index < -0.39 is 25.5 Å². The Hall–Kier alpha value is -3.48. The molecular formula is C21H24N4O7S. The third-order valence-electron chi connectivity index (χ3n) is 4.99. The normalized spacial score (nSPS) is 11.4. The predicted octanol–water partition coefficient (Wildman–Crippen LogP) is 2.22. The molecule has 0 saturated carbocycles. The van der Waals surface area contributed by atoms with E-state index in [9.17, 15) is 18.5 Å². The first kappa shape index (κ1) is 24.2. The largest absolute Gasteiger partial charge is 0.497 e. The molecule has 2 N–H and O–H groups in total. The van der Waals surface area contributed by atoms with Crippen molar-refractivity contribution in [1.82, 2.24) is 9.78 Å². The van der Waals surface area contributed by atoms with E-state index in [1.54, 1.807) is 37.7 Å². The topological polar surface area (TPSA) is 149 Å². The Kier molecular flexibility index (Phi) is 7.31. The molecule has 12 heteroatoms. The van der Waals surface area contributed by atoms with Gasteiger partial charge in [-0.05, 0) is 29.2 Å². The molecule has 0 aliphatic rings. The molecular weight excluding hydrogens is 452 g/mol. The van der Waals surface area contributed by atoms with Crippen molar-refractivity contribution in [1.29, 1.82) is 0 Å². The molecule has 0 unspecified atom stereocenters. The van der Waals surface area contributed by atoms with E-state index in [1.165, 1.54) is 25.0 Å². The lowest BCUT2D eigenvalue weighted by Crippen LogP contribution is -2.18. The van der Waals surface area contributed by atoms with Gasteiger partial charge in [0.2, 0.25) is 10.0 Å². The molecule has 0 bridgehead atoms. The lowest BCUT2D eigenvalue weighted by molar-refractivity contribution is -0.385. The van der Waals surface area contributed by atoms with Crippen LogP contribution in [-0.4, -0.2) is 51.1 Å². The third-order valence-corrected chi connectivity index (χ3v) is 5.92. The van der Waals surface area contributed by atoms with Gasteiger partial charge in [0.1, 0.15) is 16.4 Å². The van der Waals surface area contributed by atoms with Crippen LogP contribution in [0.5, 0.6) is 11.5 Å². The maximum atomic E-state index is 12.4. The number of benzene rings is 2. The van der Waals surface area contributed by atoms with Gasteiger partial charge in [0.05, 0.1) is 37.6 Å². The summed E-state index contributed by atoms with van der Waals surface area (Å²) in [6.07, 6.45) is 3.88. The predicted molar refractivity (Wildman–Crippen MR) is 120 cm³/mol. The number of sulfonamides is 1. The smallest absolute Gasteiger partial charge is 0.271 e. The van der Waals surface area contributed by atoms with Gasteiger partial charge < -0.3 is 14.2 Å². The molecule has 0 aliphatic carbocycles. The van der Waals surface area contributed by atoms with Crippen molar-refractivity contribution in [2.45, 2.75) is 17.7 Å². The average molecular weight is 477 g/mol. The second-order valence-corrected chi connectivity index (χ2v) is 8.67. The molecule has 176 valence electrons. The number of nitro groups is 1. The van der Waals surface area contributed by atoms with Crippen molar-refractivity contribution in [2.75, 3.05) is 27.9 Å². The van der Waals surface area contributed by atoms with Crippen LogP contribution in [0.4, 0.5) is 5.69 Å². The summed E-state index contributed by atoms with van der Waals surface area (Å²) in [7, 11) is 0.244. The second kappa shape index (κ2) is 9.98. The van der Waals surface area contributed by atoms with E-state index in [0.29, 0.717) is 35.7 Å². The van der Waals surface area contributed by atoms with Gasteiger partial charge in [-0.25, -0.2) is 18.2 Å². The fourth-order valence-electron chi connectivity index (χ4n) is 3.40. The molecule has 0 saturated heterocycles. The fraction of sp³-hybridized carbons (Fsp3) is 0.286. The molecule has 3 rings (SSSR count). The standard InChI is InChI=1S/C21H24N4O7S/c1-30-7-6-14-12-23-24(13-14)21-16(8-15-4-5-18(31-2)11-19(15)32-3)9-17(25(26)27)10-20(21)33(22,28)29/h4-5,9-13H,6-8H2,1-3H3,(H2,22,28,29). The lowest BCUT2D eigenvalue weighted by atomic mass is 10.0. The van der Waals surface area contributed by atoms with E-state index in [1.807, 2.05) is 0 Å². The highest BCUT2D eigenvalue weighted by atomic mass is 32.2.